The topological polar surface area (TPSA) is 64.0 Å². The van der Waals surface area contributed by atoms with Gasteiger partial charge in [0, 0.05) is 37.1 Å². The lowest BCUT2D eigenvalue weighted by Crippen LogP contribution is -2.25. The highest BCUT2D eigenvalue weighted by Crippen LogP contribution is 2.38. The van der Waals surface area contributed by atoms with Crippen molar-refractivity contribution in [3.8, 4) is 5.88 Å². The van der Waals surface area contributed by atoms with Crippen LogP contribution in [0.3, 0.4) is 0 Å². The molecule has 138 valence electrons. The van der Waals surface area contributed by atoms with Gasteiger partial charge in [-0.25, -0.2) is 4.98 Å². The molecule has 0 N–H and O–H groups in total. The van der Waals surface area contributed by atoms with Crippen LogP contribution < -0.4 is 9.64 Å². The van der Waals surface area contributed by atoms with Crippen LogP contribution in [-0.2, 0) is 0 Å². The van der Waals surface area contributed by atoms with E-state index in [1.807, 2.05) is 55.0 Å². The van der Waals surface area contributed by atoms with E-state index < -0.39 is 0 Å². The molecule has 0 amide bonds. The monoisotopic (exact) mass is 369 g/mol. The Morgan fingerprint density at radius 1 is 0.714 bits per heavy atom. The molecule has 0 saturated carbocycles. The zero-order valence-corrected chi connectivity index (χ0v) is 15.4. The van der Waals surface area contributed by atoms with Crippen molar-refractivity contribution < 1.29 is 4.74 Å². The molecule has 0 spiro atoms. The third kappa shape index (κ3) is 3.66. The number of aromatic nitrogens is 4. The van der Waals surface area contributed by atoms with E-state index in [0.29, 0.717) is 5.88 Å². The Bertz CT molecular complexity index is 956. The first-order valence-electron chi connectivity index (χ1n) is 8.86. The Labute approximate surface area is 163 Å². The average molecular weight is 369 g/mol. The summed E-state index contributed by atoms with van der Waals surface area (Å²) in [5, 5.41) is 0. The van der Waals surface area contributed by atoms with Crippen LogP contribution in [0.2, 0.25) is 0 Å². The van der Waals surface area contributed by atoms with Gasteiger partial charge < -0.3 is 9.64 Å². The molecule has 0 aliphatic rings. The number of hydrogen-bond acceptors (Lipinski definition) is 6. The molecule has 4 heterocycles. The lowest BCUT2D eigenvalue weighted by atomic mass is 9.98. The van der Waals surface area contributed by atoms with Crippen molar-refractivity contribution in [1.82, 2.24) is 19.9 Å². The van der Waals surface area contributed by atoms with E-state index in [9.17, 15) is 0 Å². The summed E-state index contributed by atoms with van der Waals surface area (Å²) >= 11 is 0. The maximum Gasteiger partial charge on any atom is 0.213 e. The Morgan fingerprint density at radius 3 is 1.79 bits per heavy atom. The molecule has 0 radical (unpaired) electrons. The number of methoxy groups -OCH3 is 1. The lowest BCUT2D eigenvalue weighted by Gasteiger charge is -2.33. The van der Waals surface area contributed by atoms with E-state index in [1.165, 1.54) is 0 Å². The van der Waals surface area contributed by atoms with E-state index in [2.05, 4.69) is 37.0 Å². The fraction of sp³-hybridized carbons (Fsp3) is 0.0909. The molecular weight excluding hydrogens is 350 g/mol. The molecule has 4 aromatic heterocycles. The van der Waals surface area contributed by atoms with Crippen LogP contribution in [0.5, 0.6) is 5.88 Å². The van der Waals surface area contributed by atoms with Gasteiger partial charge in [-0.1, -0.05) is 12.1 Å². The number of hydrogen-bond donors (Lipinski definition) is 0. The molecule has 4 rings (SSSR count). The van der Waals surface area contributed by atoms with Crippen molar-refractivity contribution >= 4 is 11.4 Å². The average Bonchev–Trinajstić information content (AvgIpc) is 2.79. The summed E-state index contributed by atoms with van der Waals surface area (Å²) in [6.45, 7) is 0. The van der Waals surface area contributed by atoms with Gasteiger partial charge in [0.1, 0.15) is 0 Å². The second-order valence-electron chi connectivity index (χ2n) is 6.12. The largest absolute Gasteiger partial charge is 0.481 e. The van der Waals surface area contributed by atoms with E-state index >= 15 is 0 Å². The van der Waals surface area contributed by atoms with Crippen LogP contribution in [0, 0.1) is 0 Å². The van der Waals surface area contributed by atoms with Crippen LogP contribution in [0.15, 0.2) is 91.9 Å². The van der Waals surface area contributed by atoms with E-state index in [1.54, 1.807) is 31.9 Å². The molecule has 6 heteroatoms. The normalized spacial score (nSPS) is 10.6. The Morgan fingerprint density at radius 2 is 1.32 bits per heavy atom. The fourth-order valence-corrected chi connectivity index (χ4v) is 3.15. The van der Waals surface area contributed by atoms with Gasteiger partial charge in [0.05, 0.1) is 36.9 Å². The molecule has 0 atom stereocenters. The second kappa shape index (κ2) is 8.26. The van der Waals surface area contributed by atoms with Crippen molar-refractivity contribution in [3.05, 3.63) is 103 Å². The molecule has 0 aliphatic heterocycles. The number of nitrogens with zero attached hydrogens (tertiary/aromatic N) is 5. The first-order chi connectivity index (χ1) is 13.9. The quantitative estimate of drug-likeness (QED) is 0.507. The van der Waals surface area contributed by atoms with Gasteiger partial charge in [-0.2, -0.15) is 0 Å². The molecular formula is C22H19N5O. The summed E-state index contributed by atoms with van der Waals surface area (Å²) in [7, 11) is 1.61. The summed E-state index contributed by atoms with van der Waals surface area (Å²) in [5.74, 6) is 0.564. The van der Waals surface area contributed by atoms with Crippen molar-refractivity contribution in [1.29, 1.82) is 0 Å². The van der Waals surface area contributed by atoms with Crippen molar-refractivity contribution in [2.24, 2.45) is 0 Å². The smallest absolute Gasteiger partial charge is 0.213 e. The third-order valence-electron chi connectivity index (χ3n) is 4.39. The van der Waals surface area contributed by atoms with Crippen molar-refractivity contribution in [2.45, 2.75) is 6.04 Å². The highest BCUT2D eigenvalue weighted by molar-refractivity contribution is 5.65. The van der Waals surface area contributed by atoms with E-state index in [0.717, 1.165) is 22.5 Å². The van der Waals surface area contributed by atoms with Crippen molar-refractivity contribution in [3.63, 3.8) is 0 Å². The highest BCUT2D eigenvalue weighted by Gasteiger charge is 2.25. The zero-order chi connectivity index (χ0) is 19.2. The fourth-order valence-electron chi connectivity index (χ4n) is 3.15. The standard InChI is InChI=1S/C22H19N5O/c1-28-21-9-8-20(16-26-21)27(19-7-4-12-25-15-19)22(17-5-2-10-23-13-17)18-6-3-11-24-14-18/h2-16,22H,1H3. The highest BCUT2D eigenvalue weighted by atomic mass is 16.5. The van der Waals surface area contributed by atoms with E-state index in [4.69, 9.17) is 4.74 Å². The summed E-state index contributed by atoms with van der Waals surface area (Å²) in [6, 6.07) is 15.6. The second-order valence-corrected chi connectivity index (χ2v) is 6.12. The van der Waals surface area contributed by atoms with Gasteiger partial charge in [-0.05, 0) is 41.5 Å². The zero-order valence-electron chi connectivity index (χ0n) is 15.4. The molecule has 6 nitrogen and oxygen atoms in total. The predicted molar refractivity (Wildman–Crippen MR) is 107 cm³/mol. The van der Waals surface area contributed by atoms with Gasteiger partial charge in [0.25, 0.3) is 0 Å². The van der Waals surface area contributed by atoms with Gasteiger partial charge in [-0.3, -0.25) is 15.0 Å². The van der Waals surface area contributed by atoms with Gasteiger partial charge in [-0.15, -0.1) is 0 Å². The minimum Gasteiger partial charge on any atom is -0.481 e. The van der Waals surface area contributed by atoms with Gasteiger partial charge in [0.2, 0.25) is 5.88 Å². The molecule has 0 bridgehead atoms. The molecule has 0 saturated heterocycles. The predicted octanol–water partition coefficient (Wildman–Crippen LogP) is 4.20. The number of anilines is 2. The lowest BCUT2D eigenvalue weighted by molar-refractivity contribution is 0.398. The summed E-state index contributed by atoms with van der Waals surface area (Å²) in [6.07, 6.45) is 12.7. The molecule has 4 aromatic rings. The molecule has 28 heavy (non-hydrogen) atoms. The number of pyridine rings is 4. The maximum absolute atomic E-state index is 5.22. The van der Waals surface area contributed by atoms with Gasteiger partial charge >= 0.3 is 0 Å². The van der Waals surface area contributed by atoms with Crippen LogP contribution in [0.4, 0.5) is 11.4 Å². The van der Waals surface area contributed by atoms with E-state index in [-0.39, 0.29) is 6.04 Å². The summed E-state index contributed by atoms with van der Waals surface area (Å²) < 4.78 is 5.22. The van der Waals surface area contributed by atoms with Gasteiger partial charge in [0.15, 0.2) is 0 Å². The Hall–Kier alpha value is -3.80. The van der Waals surface area contributed by atoms with Crippen LogP contribution in [-0.4, -0.2) is 27.0 Å². The first-order valence-corrected chi connectivity index (χ1v) is 8.86. The molecule has 0 unspecified atom stereocenters. The minimum atomic E-state index is -0.151. The third-order valence-corrected chi connectivity index (χ3v) is 4.39. The Kier molecular flexibility index (Phi) is 5.20. The Balaban J connectivity index is 1.90. The number of rotatable bonds is 6. The maximum atomic E-state index is 5.22. The van der Waals surface area contributed by atoms with Crippen LogP contribution in [0.1, 0.15) is 17.2 Å². The minimum absolute atomic E-state index is 0.151. The van der Waals surface area contributed by atoms with Crippen LogP contribution in [0.25, 0.3) is 0 Å². The molecule has 0 aliphatic carbocycles. The SMILES string of the molecule is COc1ccc(N(c2cccnc2)C(c2cccnc2)c2cccnc2)cn1. The molecule has 0 fully saturated rings. The van der Waals surface area contributed by atoms with Crippen molar-refractivity contribution in [2.75, 3.05) is 12.0 Å². The molecule has 0 aromatic carbocycles. The first kappa shape index (κ1) is 17.6. The summed E-state index contributed by atoms with van der Waals surface area (Å²) in [4.78, 5) is 19.5. The van der Waals surface area contributed by atoms with Crippen LogP contribution >= 0.6 is 0 Å². The summed E-state index contributed by atoms with van der Waals surface area (Å²) in [5.41, 5.74) is 3.92. The number of ether oxygens (including phenoxy) is 1.